The molecule has 0 fully saturated rings. The van der Waals surface area contributed by atoms with Crippen molar-refractivity contribution in [1.29, 1.82) is 0 Å². The molecule has 2 amide bonds. The molecule has 3 aromatic heterocycles. The number of pyridine rings is 1. The minimum Gasteiger partial charge on any atom is -0.459 e. The van der Waals surface area contributed by atoms with Crippen molar-refractivity contribution in [3.05, 3.63) is 72.9 Å². The van der Waals surface area contributed by atoms with Gasteiger partial charge in [0.15, 0.2) is 16.7 Å². The molecule has 0 spiro atoms. The highest BCUT2D eigenvalue weighted by atomic mass is 32.2. The molecule has 0 atom stereocenters. The number of hydrogen-bond acceptors (Lipinski definition) is 7. The first-order valence-electron chi connectivity index (χ1n) is 9.85. The Morgan fingerprint density at radius 1 is 1.03 bits per heavy atom. The minimum absolute atomic E-state index is 0.170. The fourth-order valence-electron chi connectivity index (χ4n) is 2.95. The van der Waals surface area contributed by atoms with E-state index in [1.165, 1.54) is 18.0 Å². The van der Waals surface area contributed by atoms with Gasteiger partial charge in [0.25, 0.3) is 5.91 Å². The number of nitrogens with zero attached hydrogens (tertiary/aromatic N) is 4. The monoisotopic (exact) mass is 448 g/mol. The van der Waals surface area contributed by atoms with E-state index in [4.69, 9.17) is 4.42 Å². The van der Waals surface area contributed by atoms with E-state index < -0.39 is 0 Å². The van der Waals surface area contributed by atoms with Crippen molar-refractivity contribution in [1.82, 2.24) is 19.7 Å². The summed E-state index contributed by atoms with van der Waals surface area (Å²) in [5, 5.41) is 14.7. The molecular weight excluding hydrogens is 428 g/mol. The molecule has 4 rings (SSSR count). The number of amides is 2. The van der Waals surface area contributed by atoms with Crippen molar-refractivity contribution >= 4 is 35.0 Å². The van der Waals surface area contributed by atoms with E-state index in [1.807, 2.05) is 23.6 Å². The summed E-state index contributed by atoms with van der Waals surface area (Å²) in [6.45, 7) is 2.67. The zero-order valence-electron chi connectivity index (χ0n) is 17.2. The summed E-state index contributed by atoms with van der Waals surface area (Å²) in [5.74, 6) is 0.619. The second-order valence-electron chi connectivity index (χ2n) is 6.64. The zero-order valence-corrected chi connectivity index (χ0v) is 18.0. The summed E-state index contributed by atoms with van der Waals surface area (Å²) < 4.78 is 7.01. The van der Waals surface area contributed by atoms with Gasteiger partial charge >= 0.3 is 0 Å². The molecular formula is C22H20N6O3S. The van der Waals surface area contributed by atoms with Gasteiger partial charge < -0.3 is 19.6 Å². The minimum atomic E-state index is -0.339. The Morgan fingerprint density at radius 2 is 1.81 bits per heavy atom. The lowest BCUT2D eigenvalue weighted by atomic mass is 10.2. The van der Waals surface area contributed by atoms with Crippen LogP contribution in [-0.4, -0.2) is 37.3 Å². The van der Waals surface area contributed by atoms with Crippen LogP contribution in [0.4, 0.5) is 11.4 Å². The smallest absolute Gasteiger partial charge is 0.291 e. The number of anilines is 2. The largest absolute Gasteiger partial charge is 0.459 e. The lowest BCUT2D eigenvalue weighted by Gasteiger charge is -2.08. The predicted molar refractivity (Wildman–Crippen MR) is 121 cm³/mol. The zero-order chi connectivity index (χ0) is 22.3. The summed E-state index contributed by atoms with van der Waals surface area (Å²) >= 11 is 1.31. The second kappa shape index (κ2) is 9.92. The number of hydrogen-bond donors (Lipinski definition) is 2. The number of benzene rings is 1. The fourth-order valence-corrected chi connectivity index (χ4v) is 3.76. The number of carbonyl (C=O) groups is 2. The standard InChI is InChI=1S/C22H20N6O3S/c1-2-28-20(15-5-3-11-23-13-15)26-27-22(28)32-14-19(29)24-16-7-9-17(10-8-16)25-21(30)18-6-4-12-31-18/h3-13H,2,14H2,1H3,(H,24,29)(H,25,30). The quantitative estimate of drug-likeness (QED) is 0.392. The average Bonchev–Trinajstić information content (AvgIpc) is 3.50. The van der Waals surface area contributed by atoms with Gasteiger partial charge in [-0.3, -0.25) is 14.6 Å². The summed E-state index contributed by atoms with van der Waals surface area (Å²) in [4.78, 5) is 28.5. The van der Waals surface area contributed by atoms with Crippen molar-refractivity contribution < 1.29 is 14.0 Å². The van der Waals surface area contributed by atoms with Crippen molar-refractivity contribution in [2.75, 3.05) is 16.4 Å². The Hall–Kier alpha value is -3.92. The summed E-state index contributed by atoms with van der Waals surface area (Å²) in [6, 6.07) is 13.8. The van der Waals surface area contributed by atoms with E-state index in [-0.39, 0.29) is 23.3 Å². The third kappa shape index (κ3) is 5.03. The first-order chi connectivity index (χ1) is 15.6. The second-order valence-corrected chi connectivity index (χ2v) is 7.58. The van der Waals surface area contributed by atoms with Crippen LogP contribution in [-0.2, 0) is 11.3 Å². The number of thioether (sulfide) groups is 1. The molecule has 0 unspecified atom stereocenters. The maximum Gasteiger partial charge on any atom is 0.291 e. The third-order valence-electron chi connectivity index (χ3n) is 4.46. The van der Waals surface area contributed by atoms with Crippen molar-refractivity contribution in [2.24, 2.45) is 0 Å². The molecule has 0 aliphatic heterocycles. The van der Waals surface area contributed by atoms with Crippen LogP contribution in [0.25, 0.3) is 11.4 Å². The first kappa shape index (κ1) is 21.3. The highest BCUT2D eigenvalue weighted by Crippen LogP contribution is 2.23. The molecule has 4 aromatic rings. The molecule has 162 valence electrons. The number of aromatic nitrogens is 4. The van der Waals surface area contributed by atoms with Gasteiger partial charge in [0.2, 0.25) is 5.91 Å². The molecule has 0 bridgehead atoms. The fraction of sp³-hybridized carbons (Fsp3) is 0.136. The van der Waals surface area contributed by atoms with E-state index in [0.29, 0.717) is 23.1 Å². The van der Waals surface area contributed by atoms with E-state index in [1.54, 1.807) is 48.8 Å². The molecule has 1 aromatic carbocycles. The molecule has 0 saturated heterocycles. The number of nitrogens with one attached hydrogen (secondary N) is 2. The first-order valence-corrected chi connectivity index (χ1v) is 10.8. The predicted octanol–water partition coefficient (Wildman–Crippen LogP) is 3.94. The lowest BCUT2D eigenvalue weighted by molar-refractivity contribution is -0.113. The van der Waals surface area contributed by atoms with Crippen LogP contribution < -0.4 is 10.6 Å². The molecule has 2 N–H and O–H groups in total. The van der Waals surface area contributed by atoms with Gasteiger partial charge in [0.1, 0.15) is 0 Å². The van der Waals surface area contributed by atoms with Crippen molar-refractivity contribution in [3.8, 4) is 11.4 Å². The summed E-state index contributed by atoms with van der Waals surface area (Å²) in [6.07, 6.45) is 4.88. The van der Waals surface area contributed by atoms with Gasteiger partial charge in [0.05, 0.1) is 12.0 Å². The van der Waals surface area contributed by atoms with Gasteiger partial charge in [-0.25, -0.2) is 0 Å². The van der Waals surface area contributed by atoms with Gasteiger partial charge in [-0.15, -0.1) is 10.2 Å². The van der Waals surface area contributed by atoms with Crippen molar-refractivity contribution in [2.45, 2.75) is 18.6 Å². The summed E-state index contributed by atoms with van der Waals surface area (Å²) in [5.41, 5.74) is 2.09. The molecule has 0 aliphatic rings. The number of rotatable bonds is 8. The van der Waals surface area contributed by atoms with Gasteiger partial charge in [-0.1, -0.05) is 11.8 Å². The Labute approximate surface area is 188 Å². The molecule has 3 heterocycles. The molecule has 9 nitrogen and oxygen atoms in total. The average molecular weight is 449 g/mol. The van der Waals surface area contributed by atoms with Gasteiger partial charge in [-0.2, -0.15) is 0 Å². The molecule has 0 radical (unpaired) electrons. The normalized spacial score (nSPS) is 10.7. The topological polar surface area (TPSA) is 115 Å². The van der Waals surface area contributed by atoms with E-state index in [0.717, 1.165) is 11.4 Å². The lowest BCUT2D eigenvalue weighted by Crippen LogP contribution is -2.15. The van der Waals surface area contributed by atoms with Crippen LogP contribution in [0.1, 0.15) is 17.5 Å². The van der Waals surface area contributed by atoms with E-state index in [9.17, 15) is 9.59 Å². The van der Waals surface area contributed by atoms with Crippen molar-refractivity contribution in [3.63, 3.8) is 0 Å². The molecule has 0 saturated carbocycles. The van der Waals surface area contributed by atoms with Crippen LogP contribution in [0.5, 0.6) is 0 Å². The Balaban J connectivity index is 1.32. The Morgan fingerprint density at radius 3 is 2.47 bits per heavy atom. The Bertz CT molecular complexity index is 1190. The SMILES string of the molecule is CCn1c(SCC(=O)Nc2ccc(NC(=O)c3ccco3)cc2)nnc1-c1cccnc1. The maximum absolute atomic E-state index is 12.4. The van der Waals surface area contributed by atoms with E-state index in [2.05, 4.69) is 25.8 Å². The summed E-state index contributed by atoms with van der Waals surface area (Å²) in [7, 11) is 0. The molecule has 32 heavy (non-hydrogen) atoms. The number of furan rings is 1. The maximum atomic E-state index is 12.4. The highest BCUT2D eigenvalue weighted by molar-refractivity contribution is 7.99. The van der Waals surface area contributed by atoms with Gasteiger partial charge in [0, 0.05) is 35.9 Å². The van der Waals surface area contributed by atoms with Crippen LogP contribution in [0, 0.1) is 0 Å². The Kier molecular flexibility index (Phi) is 6.61. The van der Waals surface area contributed by atoms with Gasteiger partial charge in [-0.05, 0) is 55.5 Å². The van der Waals surface area contributed by atoms with Crippen LogP contribution >= 0.6 is 11.8 Å². The highest BCUT2D eigenvalue weighted by Gasteiger charge is 2.15. The van der Waals surface area contributed by atoms with E-state index >= 15 is 0 Å². The van der Waals surface area contributed by atoms with Crippen LogP contribution in [0.15, 0.2) is 76.8 Å². The van der Waals surface area contributed by atoms with Crippen LogP contribution in [0.3, 0.4) is 0 Å². The third-order valence-corrected chi connectivity index (χ3v) is 5.42. The van der Waals surface area contributed by atoms with Crippen LogP contribution in [0.2, 0.25) is 0 Å². The number of carbonyl (C=O) groups excluding carboxylic acids is 2. The molecule has 10 heteroatoms. The molecule has 0 aliphatic carbocycles.